The third kappa shape index (κ3) is 8.90. The number of nitrogens with zero attached hydrogens (tertiary/aromatic N) is 2. The van der Waals surface area contributed by atoms with Gasteiger partial charge >= 0.3 is 0 Å². The van der Waals surface area contributed by atoms with Gasteiger partial charge in [0.15, 0.2) is 0 Å². The van der Waals surface area contributed by atoms with Gasteiger partial charge in [-0.3, -0.25) is 13.9 Å². The SMILES string of the molecule is Cc1ccc(C)c(N(CC(=O)N(Cc2ccc(Cl)c(Cl)c2)C(Cc2ccccc2)C(=O)NCC(C)C)S(=O)(=O)c2ccccc2)c1. The molecular weight excluding hydrogens is 641 g/mol. The summed E-state index contributed by atoms with van der Waals surface area (Å²) in [5.41, 5.74) is 3.40. The number of nitrogens with one attached hydrogen (secondary N) is 1. The predicted molar refractivity (Wildman–Crippen MR) is 186 cm³/mol. The van der Waals surface area contributed by atoms with Gasteiger partial charge in [0.25, 0.3) is 10.0 Å². The van der Waals surface area contributed by atoms with Crippen molar-refractivity contribution in [2.24, 2.45) is 5.92 Å². The zero-order chi connectivity index (χ0) is 33.4. The van der Waals surface area contributed by atoms with Gasteiger partial charge in [-0.05, 0) is 72.4 Å². The van der Waals surface area contributed by atoms with Gasteiger partial charge in [0.05, 0.1) is 20.6 Å². The van der Waals surface area contributed by atoms with Gasteiger partial charge in [0, 0.05) is 19.5 Å². The molecule has 0 aliphatic heterocycles. The van der Waals surface area contributed by atoms with E-state index in [0.717, 1.165) is 15.4 Å². The van der Waals surface area contributed by atoms with E-state index in [4.69, 9.17) is 23.2 Å². The molecule has 0 saturated carbocycles. The normalized spacial score (nSPS) is 12.1. The third-order valence-electron chi connectivity index (χ3n) is 7.54. The van der Waals surface area contributed by atoms with Crippen LogP contribution in [0.5, 0.6) is 0 Å². The predicted octanol–water partition coefficient (Wildman–Crippen LogP) is 7.22. The standard InChI is InChI=1S/C36H39Cl2N3O4S/c1-25(2)22-39-36(43)34(21-28-11-7-5-8-12-28)40(23-29-17-18-31(37)32(38)20-29)35(42)24-41(33-19-26(3)15-16-27(33)4)46(44,45)30-13-9-6-10-14-30/h5-20,25,34H,21-24H2,1-4H3,(H,39,43). The maximum Gasteiger partial charge on any atom is 0.264 e. The number of hydrogen-bond donors (Lipinski definition) is 1. The molecule has 4 aromatic carbocycles. The molecule has 0 fully saturated rings. The van der Waals surface area contributed by atoms with Crippen molar-refractivity contribution in [2.75, 3.05) is 17.4 Å². The number of rotatable bonds is 13. The van der Waals surface area contributed by atoms with E-state index < -0.39 is 28.5 Å². The van der Waals surface area contributed by atoms with Gasteiger partial charge in [-0.25, -0.2) is 8.42 Å². The van der Waals surface area contributed by atoms with E-state index in [2.05, 4.69) is 5.32 Å². The summed E-state index contributed by atoms with van der Waals surface area (Å²) in [7, 11) is -4.19. The number of aryl methyl sites for hydroxylation is 2. The lowest BCUT2D eigenvalue weighted by atomic mass is 10.0. The molecule has 7 nitrogen and oxygen atoms in total. The average molecular weight is 681 g/mol. The molecule has 0 bridgehead atoms. The molecule has 1 unspecified atom stereocenters. The second-order valence-corrected chi connectivity index (χ2v) is 14.4. The summed E-state index contributed by atoms with van der Waals surface area (Å²) >= 11 is 12.5. The van der Waals surface area contributed by atoms with Crippen LogP contribution in [0.1, 0.15) is 36.1 Å². The van der Waals surface area contributed by atoms with E-state index in [0.29, 0.717) is 33.4 Å². The van der Waals surface area contributed by atoms with Crippen molar-refractivity contribution >= 4 is 50.7 Å². The van der Waals surface area contributed by atoms with Crippen LogP contribution in [-0.4, -0.2) is 44.3 Å². The monoisotopic (exact) mass is 679 g/mol. The van der Waals surface area contributed by atoms with E-state index in [1.165, 1.54) is 17.0 Å². The van der Waals surface area contributed by atoms with Crippen LogP contribution < -0.4 is 9.62 Å². The molecule has 0 aromatic heterocycles. The molecule has 0 radical (unpaired) electrons. The molecule has 242 valence electrons. The van der Waals surface area contributed by atoms with Gasteiger partial charge in [0.2, 0.25) is 11.8 Å². The van der Waals surface area contributed by atoms with Crippen molar-refractivity contribution in [3.05, 3.63) is 129 Å². The zero-order valence-electron chi connectivity index (χ0n) is 26.4. The first-order chi connectivity index (χ1) is 21.9. The van der Waals surface area contributed by atoms with E-state index >= 15 is 0 Å². The lowest BCUT2D eigenvalue weighted by Crippen LogP contribution is -2.53. The first-order valence-electron chi connectivity index (χ1n) is 15.1. The molecule has 0 saturated heterocycles. The number of benzene rings is 4. The number of carbonyl (C=O) groups excluding carboxylic acids is 2. The first-order valence-corrected chi connectivity index (χ1v) is 17.3. The fourth-order valence-corrected chi connectivity index (χ4v) is 6.84. The summed E-state index contributed by atoms with van der Waals surface area (Å²) in [6.45, 7) is 7.51. The minimum Gasteiger partial charge on any atom is -0.354 e. The summed E-state index contributed by atoms with van der Waals surface area (Å²) < 4.78 is 29.6. The summed E-state index contributed by atoms with van der Waals surface area (Å²) in [6.07, 6.45) is 0.215. The molecule has 4 aromatic rings. The minimum absolute atomic E-state index is 0.00561. The van der Waals surface area contributed by atoms with Crippen molar-refractivity contribution in [1.82, 2.24) is 10.2 Å². The Bertz CT molecular complexity index is 1770. The highest BCUT2D eigenvalue weighted by Crippen LogP contribution is 2.29. The Balaban J connectivity index is 1.83. The van der Waals surface area contributed by atoms with Crippen LogP contribution in [0, 0.1) is 19.8 Å². The summed E-state index contributed by atoms with van der Waals surface area (Å²) in [5.74, 6) is -0.710. The number of sulfonamides is 1. The summed E-state index contributed by atoms with van der Waals surface area (Å²) in [6, 6.07) is 27.0. The molecule has 4 rings (SSSR count). The van der Waals surface area contributed by atoms with Crippen LogP contribution in [0.4, 0.5) is 5.69 Å². The fraction of sp³-hybridized carbons (Fsp3) is 0.278. The van der Waals surface area contributed by atoms with Crippen LogP contribution >= 0.6 is 23.2 Å². The molecule has 1 N–H and O–H groups in total. The number of carbonyl (C=O) groups is 2. The van der Waals surface area contributed by atoms with Gasteiger partial charge in [-0.2, -0.15) is 0 Å². The molecule has 46 heavy (non-hydrogen) atoms. The Morgan fingerprint density at radius 2 is 1.46 bits per heavy atom. The Kier molecular flexibility index (Phi) is 11.9. The molecular formula is C36H39Cl2N3O4S. The van der Waals surface area contributed by atoms with E-state index in [1.54, 1.807) is 49.4 Å². The molecule has 0 aliphatic rings. The fourth-order valence-electron chi connectivity index (χ4n) is 5.03. The first kappa shape index (κ1) is 35.0. The lowest BCUT2D eigenvalue weighted by molar-refractivity contribution is -0.140. The molecule has 10 heteroatoms. The van der Waals surface area contributed by atoms with Crippen molar-refractivity contribution in [3.63, 3.8) is 0 Å². The highest BCUT2D eigenvalue weighted by molar-refractivity contribution is 7.92. The number of anilines is 1. The average Bonchev–Trinajstić information content (AvgIpc) is 3.04. The van der Waals surface area contributed by atoms with Crippen LogP contribution in [0.25, 0.3) is 0 Å². The van der Waals surface area contributed by atoms with Crippen LogP contribution in [0.2, 0.25) is 10.0 Å². The Morgan fingerprint density at radius 1 is 0.804 bits per heavy atom. The molecule has 0 spiro atoms. The third-order valence-corrected chi connectivity index (χ3v) is 10.0. The van der Waals surface area contributed by atoms with E-state index in [9.17, 15) is 18.0 Å². The molecule has 1 atom stereocenters. The van der Waals surface area contributed by atoms with Gasteiger partial charge in [-0.1, -0.05) is 104 Å². The summed E-state index contributed by atoms with van der Waals surface area (Å²) in [4.78, 5) is 30.0. The number of halogens is 2. The van der Waals surface area contributed by atoms with Gasteiger partial charge in [0.1, 0.15) is 12.6 Å². The van der Waals surface area contributed by atoms with Crippen LogP contribution in [-0.2, 0) is 32.6 Å². The lowest BCUT2D eigenvalue weighted by Gasteiger charge is -2.34. The highest BCUT2D eigenvalue weighted by Gasteiger charge is 2.35. The summed E-state index contributed by atoms with van der Waals surface area (Å²) in [5, 5.41) is 3.65. The smallest absolute Gasteiger partial charge is 0.264 e. The maximum absolute atomic E-state index is 14.6. The van der Waals surface area contributed by atoms with Crippen molar-refractivity contribution in [1.29, 1.82) is 0 Å². The van der Waals surface area contributed by atoms with Gasteiger partial charge in [-0.15, -0.1) is 0 Å². The molecule has 0 aliphatic carbocycles. The molecule has 0 heterocycles. The van der Waals surface area contributed by atoms with Crippen LogP contribution in [0.15, 0.2) is 102 Å². The van der Waals surface area contributed by atoms with Crippen molar-refractivity contribution in [3.8, 4) is 0 Å². The Morgan fingerprint density at radius 3 is 2.09 bits per heavy atom. The topological polar surface area (TPSA) is 86.8 Å². The molecule has 2 amide bonds. The largest absolute Gasteiger partial charge is 0.354 e. The maximum atomic E-state index is 14.6. The second-order valence-electron chi connectivity index (χ2n) is 11.7. The van der Waals surface area contributed by atoms with Crippen LogP contribution in [0.3, 0.4) is 0 Å². The quantitative estimate of drug-likeness (QED) is 0.162. The Labute approximate surface area is 282 Å². The highest BCUT2D eigenvalue weighted by atomic mass is 35.5. The van der Waals surface area contributed by atoms with E-state index in [1.807, 2.05) is 63.2 Å². The second kappa shape index (κ2) is 15.6. The van der Waals surface area contributed by atoms with Crippen molar-refractivity contribution < 1.29 is 18.0 Å². The van der Waals surface area contributed by atoms with Gasteiger partial charge < -0.3 is 10.2 Å². The van der Waals surface area contributed by atoms with E-state index in [-0.39, 0.29) is 29.7 Å². The zero-order valence-corrected chi connectivity index (χ0v) is 28.7. The van der Waals surface area contributed by atoms with Crippen molar-refractivity contribution in [2.45, 2.75) is 51.6 Å². The minimum atomic E-state index is -4.19. The Hall–Kier alpha value is -3.85. The number of hydrogen-bond acceptors (Lipinski definition) is 4. The number of amides is 2.